The fraction of sp³-hybridized carbons (Fsp3) is 0.429. The molecule has 2 fully saturated rings. The Balaban J connectivity index is 1.65. The van der Waals surface area contributed by atoms with Gasteiger partial charge in [-0.3, -0.25) is 0 Å². The van der Waals surface area contributed by atoms with Crippen LogP contribution in [-0.4, -0.2) is 24.0 Å². The van der Waals surface area contributed by atoms with Crippen molar-refractivity contribution < 1.29 is 9.47 Å². The highest BCUT2D eigenvalue weighted by molar-refractivity contribution is 9.10. The van der Waals surface area contributed by atoms with Gasteiger partial charge >= 0.3 is 0 Å². The Hall–Kier alpha value is -1.74. The molecule has 0 radical (unpaired) electrons. The quantitative estimate of drug-likeness (QED) is 0.644. The smallest absolute Gasteiger partial charge is 0.168 e. The molecule has 1 aromatic carbocycles. The predicted molar refractivity (Wildman–Crippen MR) is 103 cm³/mol. The minimum absolute atomic E-state index is 0.361. The van der Waals surface area contributed by atoms with Gasteiger partial charge in [-0.1, -0.05) is 29.8 Å². The highest BCUT2D eigenvalue weighted by atomic mass is 79.9. The van der Waals surface area contributed by atoms with Crippen molar-refractivity contribution in [3.8, 4) is 17.2 Å². The lowest BCUT2D eigenvalue weighted by Gasteiger charge is -2.35. The van der Waals surface area contributed by atoms with Crippen LogP contribution in [0.1, 0.15) is 48.4 Å². The first-order valence-corrected chi connectivity index (χ1v) is 9.85. The molecule has 2 aromatic rings. The third-order valence-electron chi connectivity index (χ3n) is 5.45. The zero-order valence-corrected chi connectivity index (χ0v) is 16.4. The molecule has 1 aromatic heterocycles. The van der Waals surface area contributed by atoms with Crippen LogP contribution in [-0.2, 0) is 9.47 Å². The number of hydrogen-bond acceptors (Lipinski definition) is 4. The van der Waals surface area contributed by atoms with E-state index in [0.717, 1.165) is 42.5 Å². The van der Waals surface area contributed by atoms with Crippen molar-refractivity contribution in [1.82, 2.24) is 4.98 Å². The van der Waals surface area contributed by atoms with Gasteiger partial charge in [0.25, 0.3) is 0 Å². The summed E-state index contributed by atoms with van der Waals surface area (Å²) >= 11 is 3.51. The largest absolute Gasteiger partial charge is 0.348 e. The Kier molecular flexibility index (Phi) is 4.83. The van der Waals surface area contributed by atoms with Crippen molar-refractivity contribution in [1.29, 1.82) is 5.26 Å². The van der Waals surface area contributed by atoms with Gasteiger partial charge in [0, 0.05) is 30.0 Å². The number of nitriles is 1. The van der Waals surface area contributed by atoms with Gasteiger partial charge < -0.3 is 9.47 Å². The lowest BCUT2D eigenvalue weighted by Crippen LogP contribution is -2.34. The number of halogens is 1. The third-order valence-corrected chi connectivity index (χ3v) is 6.02. The number of aromatic nitrogens is 1. The van der Waals surface area contributed by atoms with Crippen LogP contribution in [0, 0.1) is 18.3 Å². The third kappa shape index (κ3) is 3.29. The molecule has 1 aliphatic heterocycles. The normalized spacial score (nSPS) is 19.6. The molecule has 0 unspecified atom stereocenters. The average Bonchev–Trinajstić information content (AvgIpc) is 3.10. The molecule has 2 heterocycles. The Morgan fingerprint density at radius 2 is 1.81 bits per heavy atom. The van der Waals surface area contributed by atoms with E-state index in [2.05, 4.69) is 59.3 Å². The number of benzene rings is 1. The molecular formula is C21H21BrN2O2. The molecular weight excluding hydrogens is 392 g/mol. The maximum Gasteiger partial charge on any atom is 0.168 e. The molecule has 4 rings (SSSR count). The zero-order chi connectivity index (χ0) is 18.1. The molecule has 5 heteroatoms. The summed E-state index contributed by atoms with van der Waals surface area (Å²) in [6, 6.07) is 12.7. The van der Waals surface area contributed by atoms with E-state index in [1.165, 1.54) is 5.56 Å². The average molecular weight is 413 g/mol. The van der Waals surface area contributed by atoms with E-state index in [0.29, 0.717) is 29.3 Å². The summed E-state index contributed by atoms with van der Waals surface area (Å²) in [5.41, 5.74) is 4.82. The second kappa shape index (κ2) is 7.11. The van der Waals surface area contributed by atoms with Crippen LogP contribution in [0.5, 0.6) is 0 Å². The molecule has 0 N–H and O–H groups in total. The number of nitrogens with zero attached hydrogens (tertiary/aromatic N) is 2. The van der Waals surface area contributed by atoms with Crippen molar-refractivity contribution in [2.75, 3.05) is 13.2 Å². The Bertz CT molecular complexity index is 842. The Labute approximate surface area is 162 Å². The van der Waals surface area contributed by atoms with Gasteiger partial charge in [-0.15, -0.1) is 0 Å². The van der Waals surface area contributed by atoms with E-state index < -0.39 is 0 Å². The van der Waals surface area contributed by atoms with Gasteiger partial charge in [-0.25, -0.2) is 4.98 Å². The topological polar surface area (TPSA) is 55.1 Å². The Morgan fingerprint density at radius 1 is 1.15 bits per heavy atom. The zero-order valence-electron chi connectivity index (χ0n) is 14.8. The van der Waals surface area contributed by atoms with Crippen molar-refractivity contribution in [3.63, 3.8) is 0 Å². The lowest BCUT2D eigenvalue weighted by atomic mass is 9.82. The number of rotatable bonds is 2. The van der Waals surface area contributed by atoms with Crippen LogP contribution < -0.4 is 0 Å². The Morgan fingerprint density at radius 3 is 2.42 bits per heavy atom. The van der Waals surface area contributed by atoms with E-state index >= 15 is 0 Å². The number of aryl methyl sites for hydroxylation is 1. The van der Waals surface area contributed by atoms with E-state index in [1.807, 2.05) is 0 Å². The SMILES string of the molecule is Cc1ccc(-c2cc(C3CCC4(CC3)OCCO4)nc(Br)c2C#N)cc1. The molecule has 2 aliphatic rings. The van der Waals surface area contributed by atoms with Crippen molar-refractivity contribution in [2.24, 2.45) is 0 Å². The second-order valence-electron chi connectivity index (χ2n) is 7.12. The first-order valence-electron chi connectivity index (χ1n) is 9.06. The first kappa shape index (κ1) is 17.7. The van der Waals surface area contributed by atoms with Crippen LogP contribution in [0.15, 0.2) is 34.9 Å². The lowest BCUT2D eigenvalue weighted by molar-refractivity contribution is -0.178. The van der Waals surface area contributed by atoms with E-state index in [9.17, 15) is 5.26 Å². The fourth-order valence-electron chi connectivity index (χ4n) is 3.95. The van der Waals surface area contributed by atoms with Crippen LogP contribution in [0.25, 0.3) is 11.1 Å². The minimum Gasteiger partial charge on any atom is -0.348 e. The summed E-state index contributed by atoms with van der Waals surface area (Å²) in [5, 5.41) is 9.60. The van der Waals surface area contributed by atoms with E-state index in [1.54, 1.807) is 0 Å². The summed E-state index contributed by atoms with van der Waals surface area (Å²) in [4.78, 5) is 4.70. The maximum atomic E-state index is 9.60. The molecule has 0 atom stereocenters. The molecule has 4 nitrogen and oxygen atoms in total. The monoisotopic (exact) mass is 412 g/mol. The van der Waals surface area contributed by atoms with E-state index in [-0.39, 0.29) is 5.79 Å². The predicted octanol–water partition coefficient (Wildman–Crippen LogP) is 5.09. The number of pyridine rings is 1. The van der Waals surface area contributed by atoms with Crippen LogP contribution in [0.3, 0.4) is 0 Å². The molecule has 1 saturated heterocycles. The molecule has 26 heavy (non-hydrogen) atoms. The summed E-state index contributed by atoms with van der Waals surface area (Å²) in [6.07, 6.45) is 3.77. The van der Waals surface area contributed by atoms with E-state index in [4.69, 9.17) is 14.5 Å². The first-order chi connectivity index (χ1) is 12.6. The number of hydrogen-bond donors (Lipinski definition) is 0. The molecule has 0 amide bonds. The van der Waals surface area contributed by atoms with Crippen LogP contribution >= 0.6 is 15.9 Å². The van der Waals surface area contributed by atoms with Gasteiger partial charge in [0.15, 0.2) is 5.79 Å². The van der Waals surface area contributed by atoms with Gasteiger partial charge in [0.1, 0.15) is 10.7 Å². The summed E-state index contributed by atoms with van der Waals surface area (Å²) in [7, 11) is 0. The van der Waals surface area contributed by atoms with Gasteiger partial charge in [0.05, 0.1) is 18.8 Å². The highest BCUT2D eigenvalue weighted by Gasteiger charge is 2.41. The fourth-order valence-corrected chi connectivity index (χ4v) is 4.46. The van der Waals surface area contributed by atoms with Crippen molar-refractivity contribution >= 4 is 15.9 Å². The minimum atomic E-state index is -0.361. The van der Waals surface area contributed by atoms with Crippen LogP contribution in [0.4, 0.5) is 0 Å². The summed E-state index contributed by atoms with van der Waals surface area (Å²) in [6.45, 7) is 3.46. The molecule has 1 spiro atoms. The van der Waals surface area contributed by atoms with Gasteiger partial charge in [0.2, 0.25) is 0 Å². The second-order valence-corrected chi connectivity index (χ2v) is 7.87. The summed E-state index contributed by atoms with van der Waals surface area (Å²) in [5.74, 6) is 0.00166. The van der Waals surface area contributed by atoms with Crippen molar-refractivity contribution in [3.05, 3.63) is 51.8 Å². The van der Waals surface area contributed by atoms with Gasteiger partial charge in [-0.2, -0.15) is 5.26 Å². The maximum absolute atomic E-state index is 9.60. The molecule has 1 saturated carbocycles. The van der Waals surface area contributed by atoms with Gasteiger partial charge in [-0.05, 0) is 47.3 Å². The van der Waals surface area contributed by atoms with Crippen LogP contribution in [0.2, 0.25) is 0 Å². The number of ether oxygens (including phenoxy) is 2. The molecule has 134 valence electrons. The standard InChI is InChI=1S/C21H21BrN2O2/c1-14-2-4-15(5-3-14)17-12-19(24-20(22)18(17)13-23)16-6-8-21(9-7-16)25-10-11-26-21/h2-5,12,16H,6-11H2,1H3. The molecule has 1 aliphatic carbocycles. The molecule has 0 bridgehead atoms. The summed E-state index contributed by atoms with van der Waals surface area (Å²) < 4.78 is 12.3. The van der Waals surface area contributed by atoms with Crippen molar-refractivity contribution in [2.45, 2.75) is 44.3 Å². The highest BCUT2D eigenvalue weighted by Crippen LogP contribution is 2.43.